The third-order valence-corrected chi connectivity index (χ3v) is 2.92. The molecule has 0 aliphatic rings. The Bertz CT molecular complexity index is 431. The highest BCUT2D eigenvalue weighted by atomic mass is 16.4. The van der Waals surface area contributed by atoms with E-state index in [1.165, 1.54) is 6.33 Å². The molecule has 0 saturated carbocycles. The molecule has 0 unspecified atom stereocenters. The van der Waals surface area contributed by atoms with E-state index in [0.29, 0.717) is 12.2 Å². The summed E-state index contributed by atoms with van der Waals surface area (Å²) in [6.45, 7) is 6.38. The van der Waals surface area contributed by atoms with E-state index >= 15 is 0 Å². The van der Waals surface area contributed by atoms with Crippen LogP contribution in [0.25, 0.3) is 0 Å². The van der Waals surface area contributed by atoms with Crippen LogP contribution in [0.4, 0.5) is 4.79 Å². The van der Waals surface area contributed by atoms with Crippen molar-refractivity contribution in [3.05, 3.63) is 18.2 Å². The minimum Gasteiger partial charge on any atom is -0.480 e. The van der Waals surface area contributed by atoms with Gasteiger partial charge in [-0.05, 0) is 20.3 Å². The molecule has 0 radical (unpaired) electrons. The maximum Gasteiger partial charge on any atom is 0.326 e. The van der Waals surface area contributed by atoms with E-state index in [0.717, 1.165) is 6.42 Å². The van der Waals surface area contributed by atoms with Crippen LogP contribution < -0.4 is 5.32 Å². The van der Waals surface area contributed by atoms with Gasteiger partial charge in [0.1, 0.15) is 6.04 Å². The van der Waals surface area contributed by atoms with Crippen LogP contribution >= 0.6 is 0 Å². The van der Waals surface area contributed by atoms with Gasteiger partial charge in [0.15, 0.2) is 0 Å². The zero-order valence-electron chi connectivity index (χ0n) is 12.1. The van der Waals surface area contributed by atoms with Gasteiger partial charge in [-0.25, -0.2) is 14.6 Å². The van der Waals surface area contributed by atoms with Crippen molar-refractivity contribution in [1.29, 1.82) is 0 Å². The molecule has 3 N–H and O–H groups in total. The van der Waals surface area contributed by atoms with E-state index in [9.17, 15) is 14.7 Å². The van der Waals surface area contributed by atoms with Crippen molar-refractivity contribution in [3.63, 3.8) is 0 Å². The van der Waals surface area contributed by atoms with Gasteiger partial charge in [0.05, 0.1) is 6.33 Å². The maximum absolute atomic E-state index is 12.1. The average Bonchev–Trinajstić information content (AvgIpc) is 2.87. The lowest BCUT2D eigenvalue weighted by Crippen LogP contribution is -2.51. The van der Waals surface area contributed by atoms with Gasteiger partial charge in [-0.2, -0.15) is 0 Å². The fraction of sp³-hybridized carbons (Fsp3) is 0.615. The lowest BCUT2D eigenvalue weighted by Gasteiger charge is -2.28. The molecule has 1 aromatic rings. The van der Waals surface area contributed by atoms with E-state index < -0.39 is 12.0 Å². The van der Waals surface area contributed by atoms with Crippen LogP contribution in [-0.4, -0.2) is 50.6 Å². The number of hydrogen-bond donors (Lipinski definition) is 3. The Morgan fingerprint density at radius 2 is 2.20 bits per heavy atom. The molecular weight excluding hydrogens is 260 g/mol. The quantitative estimate of drug-likeness (QED) is 0.700. The predicted molar refractivity (Wildman–Crippen MR) is 74.4 cm³/mol. The molecule has 1 rings (SSSR count). The van der Waals surface area contributed by atoms with Crippen molar-refractivity contribution in [2.45, 2.75) is 45.7 Å². The van der Waals surface area contributed by atoms with Crippen LogP contribution in [0.15, 0.2) is 12.5 Å². The molecule has 1 aromatic heterocycles. The fourth-order valence-corrected chi connectivity index (χ4v) is 1.88. The number of aromatic amines is 1. The van der Waals surface area contributed by atoms with Gasteiger partial charge in [0, 0.05) is 30.9 Å². The molecule has 20 heavy (non-hydrogen) atoms. The second kappa shape index (κ2) is 7.52. The Kier molecular flexibility index (Phi) is 6.02. The first-order valence-electron chi connectivity index (χ1n) is 6.72. The van der Waals surface area contributed by atoms with Crippen LogP contribution in [0.3, 0.4) is 0 Å². The molecule has 0 bridgehead atoms. The molecule has 0 saturated heterocycles. The van der Waals surface area contributed by atoms with Crippen molar-refractivity contribution in [1.82, 2.24) is 20.2 Å². The number of imidazole rings is 1. The lowest BCUT2D eigenvalue weighted by atomic mass is 10.1. The van der Waals surface area contributed by atoms with Gasteiger partial charge < -0.3 is 20.3 Å². The molecule has 112 valence electrons. The number of urea groups is 1. The minimum atomic E-state index is -1.06. The Hall–Kier alpha value is -2.05. The third kappa shape index (κ3) is 4.56. The maximum atomic E-state index is 12.1. The highest BCUT2D eigenvalue weighted by Crippen LogP contribution is 2.04. The molecule has 0 aliphatic heterocycles. The van der Waals surface area contributed by atoms with E-state index in [4.69, 9.17) is 0 Å². The molecule has 0 fully saturated rings. The summed E-state index contributed by atoms with van der Waals surface area (Å²) in [7, 11) is 0. The Morgan fingerprint density at radius 1 is 1.50 bits per heavy atom. The van der Waals surface area contributed by atoms with Gasteiger partial charge in [-0.15, -0.1) is 0 Å². The topological polar surface area (TPSA) is 98.3 Å². The number of H-pyrrole nitrogens is 1. The first-order valence-corrected chi connectivity index (χ1v) is 6.72. The summed E-state index contributed by atoms with van der Waals surface area (Å²) >= 11 is 0. The molecule has 1 atom stereocenters. The summed E-state index contributed by atoms with van der Waals surface area (Å²) < 4.78 is 0. The predicted octanol–water partition coefficient (Wildman–Crippen LogP) is 1.24. The molecule has 2 amide bonds. The SMILES string of the molecule is CCCN(C(=O)N[C@H](Cc1cnc[nH]1)C(=O)O)C(C)C. The number of hydrogen-bond acceptors (Lipinski definition) is 3. The Balaban J connectivity index is 2.69. The number of aromatic nitrogens is 2. The van der Waals surface area contributed by atoms with Crippen molar-refractivity contribution in [2.75, 3.05) is 6.54 Å². The first kappa shape index (κ1) is 16.0. The number of aliphatic carboxylic acids is 1. The smallest absolute Gasteiger partial charge is 0.326 e. The summed E-state index contributed by atoms with van der Waals surface area (Å²) in [6, 6.07) is -1.30. The minimum absolute atomic E-state index is 0.0246. The number of carbonyl (C=O) groups is 2. The number of carboxylic acid groups (broad SMARTS) is 1. The Labute approximate surface area is 118 Å². The number of carboxylic acids is 1. The van der Waals surface area contributed by atoms with E-state index in [2.05, 4.69) is 15.3 Å². The molecule has 0 aliphatic carbocycles. The van der Waals surface area contributed by atoms with Crippen LogP contribution in [0, 0.1) is 0 Å². The normalized spacial score (nSPS) is 12.2. The standard InChI is InChI=1S/C13H22N4O3/c1-4-5-17(9(2)3)13(20)16-11(12(18)19)6-10-7-14-8-15-10/h7-9,11H,4-6H2,1-3H3,(H,14,15)(H,16,20)(H,18,19)/t11-/m1/s1. The van der Waals surface area contributed by atoms with Crippen LogP contribution in [-0.2, 0) is 11.2 Å². The number of nitrogens with one attached hydrogen (secondary N) is 2. The van der Waals surface area contributed by atoms with Crippen molar-refractivity contribution in [3.8, 4) is 0 Å². The molecular formula is C13H22N4O3. The average molecular weight is 282 g/mol. The highest BCUT2D eigenvalue weighted by molar-refractivity contribution is 5.82. The van der Waals surface area contributed by atoms with Gasteiger partial charge >= 0.3 is 12.0 Å². The largest absolute Gasteiger partial charge is 0.480 e. The lowest BCUT2D eigenvalue weighted by molar-refractivity contribution is -0.139. The highest BCUT2D eigenvalue weighted by Gasteiger charge is 2.24. The number of amides is 2. The Morgan fingerprint density at radius 3 is 2.65 bits per heavy atom. The second-order valence-electron chi connectivity index (χ2n) is 4.91. The molecule has 1 heterocycles. The van der Waals surface area contributed by atoms with Gasteiger partial charge in [-0.1, -0.05) is 6.92 Å². The summed E-state index contributed by atoms with van der Waals surface area (Å²) in [5.41, 5.74) is 0.671. The summed E-state index contributed by atoms with van der Waals surface area (Å²) in [4.78, 5) is 31.7. The monoisotopic (exact) mass is 282 g/mol. The number of carbonyl (C=O) groups excluding carboxylic acids is 1. The molecule has 0 aromatic carbocycles. The zero-order valence-corrected chi connectivity index (χ0v) is 12.1. The van der Waals surface area contributed by atoms with Crippen LogP contribution in [0.5, 0.6) is 0 Å². The summed E-state index contributed by atoms with van der Waals surface area (Å²) in [6.07, 6.45) is 4.03. The summed E-state index contributed by atoms with van der Waals surface area (Å²) in [5.74, 6) is -1.06. The zero-order chi connectivity index (χ0) is 15.1. The van der Waals surface area contributed by atoms with E-state index in [1.807, 2.05) is 20.8 Å². The van der Waals surface area contributed by atoms with Crippen LogP contribution in [0.2, 0.25) is 0 Å². The van der Waals surface area contributed by atoms with Crippen molar-refractivity contribution < 1.29 is 14.7 Å². The molecule has 0 spiro atoms. The first-order chi connectivity index (χ1) is 9.45. The van der Waals surface area contributed by atoms with Gasteiger partial charge in [0.25, 0.3) is 0 Å². The molecule has 7 nitrogen and oxygen atoms in total. The third-order valence-electron chi connectivity index (χ3n) is 2.92. The van der Waals surface area contributed by atoms with Crippen molar-refractivity contribution >= 4 is 12.0 Å². The van der Waals surface area contributed by atoms with Crippen molar-refractivity contribution in [2.24, 2.45) is 0 Å². The van der Waals surface area contributed by atoms with Gasteiger partial charge in [-0.3, -0.25) is 0 Å². The second-order valence-corrected chi connectivity index (χ2v) is 4.91. The number of nitrogens with zero attached hydrogens (tertiary/aromatic N) is 2. The molecule has 7 heteroatoms. The van der Waals surface area contributed by atoms with E-state index in [1.54, 1.807) is 11.1 Å². The van der Waals surface area contributed by atoms with E-state index in [-0.39, 0.29) is 18.5 Å². The number of rotatable bonds is 7. The summed E-state index contributed by atoms with van der Waals surface area (Å²) in [5, 5.41) is 11.8. The van der Waals surface area contributed by atoms with Gasteiger partial charge in [0.2, 0.25) is 0 Å². The fourth-order valence-electron chi connectivity index (χ4n) is 1.88. The van der Waals surface area contributed by atoms with Crippen LogP contribution in [0.1, 0.15) is 32.9 Å².